The second-order valence-corrected chi connectivity index (χ2v) is 7.05. The van der Waals surface area contributed by atoms with Crippen molar-refractivity contribution in [2.45, 2.75) is 24.4 Å². The summed E-state index contributed by atoms with van der Waals surface area (Å²) in [6.45, 7) is 6.25. The number of allylic oxidation sites excluding steroid dienone is 1. The van der Waals surface area contributed by atoms with Crippen LogP contribution in [0.25, 0.3) is 16.6 Å². The Kier molecular flexibility index (Phi) is 4.34. The Balaban J connectivity index is 1.70. The van der Waals surface area contributed by atoms with Crippen LogP contribution in [-0.4, -0.2) is 18.9 Å². The first-order valence-corrected chi connectivity index (χ1v) is 9.32. The van der Waals surface area contributed by atoms with Gasteiger partial charge in [-0.15, -0.1) is 6.58 Å². The molecule has 4 rings (SSSR count). The largest absolute Gasteiger partial charge is 0.307 e. The smallest absolute Gasteiger partial charge is 0.262 e. The van der Waals surface area contributed by atoms with E-state index >= 15 is 0 Å². The number of nitrogens with zero attached hydrogens (tertiary/aromatic N) is 4. The molecular formula is C20H18N4OS. The summed E-state index contributed by atoms with van der Waals surface area (Å²) >= 11 is 1.52. The molecule has 4 aromatic rings. The van der Waals surface area contributed by atoms with Gasteiger partial charge < -0.3 is 4.40 Å². The van der Waals surface area contributed by atoms with Crippen LogP contribution in [-0.2, 0) is 12.3 Å². The van der Waals surface area contributed by atoms with Gasteiger partial charge in [0, 0.05) is 24.7 Å². The number of aromatic nitrogens is 4. The second-order valence-electron chi connectivity index (χ2n) is 6.11. The van der Waals surface area contributed by atoms with Gasteiger partial charge in [-0.05, 0) is 30.7 Å². The van der Waals surface area contributed by atoms with Crippen LogP contribution >= 0.6 is 11.8 Å². The molecule has 0 saturated carbocycles. The highest BCUT2D eigenvalue weighted by Gasteiger charge is 2.11. The topological polar surface area (TPSA) is 52.2 Å². The van der Waals surface area contributed by atoms with Gasteiger partial charge >= 0.3 is 0 Å². The van der Waals surface area contributed by atoms with Gasteiger partial charge in [-0.2, -0.15) is 0 Å². The highest BCUT2D eigenvalue weighted by molar-refractivity contribution is 7.98. The van der Waals surface area contributed by atoms with E-state index in [1.165, 1.54) is 17.3 Å². The molecule has 0 bridgehead atoms. The molecule has 1 aromatic carbocycles. The molecule has 5 nitrogen and oxygen atoms in total. The van der Waals surface area contributed by atoms with Gasteiger partial charge in [0.15, 0.2) is 5.16 Å². The zero-order valence-corrected chi connectivity index (χ0v) is 15.2. The summed E-state index contributed by atoms with van der Waals surface area (Å²) < 4.78 is 3.69. The predicted molar refractivity (Wildman–Crippen MR) is 106 cm³/mol. The Morgan fingerprint density at radius 3 is 2.85 bits per heavy atom. The second kappa shape index (κ2) is 6.80. The van der Waals surface area contributed by atoms with E-state index in [1.54, 1.807) is 10.6 Å². The lowest BCUT2D eigenvalue weighted by atomic mass is 10.2. The summed E-state index contributed by atoms with van der Waals surface area (Å²) in [5, 5.41) is 1.31. The number of fused-ring (bicyclic) bond motifs is 2. The van der Waals surface area contributed by atoms with Crippen molar-refractivity contribution in [3.63, 3.8) is 0 Å². The highest BCUT2D eigenvalue weighted by atomic mass is 32.2. The van der Waals surface area contributed by atoms with Crippen LogP contribution in [0, 0.1) is 6.92 Å². The van der Waals surface area contributed by atoms with Crippen molar-refractivity contribution in [2.75, 3.05) is 0 Å². The first-order valence-electron chi connectivity index (χ1n) is 8.33. The monoisotopic (exact) mass is 362 g/mol. The molecule has 0 aliphatic carbocycles. The fourth-order valence-corrected chi connectivity index (χ4v) is 3.80. The first-order chi connectivity index (χ1) is 12.7. The van der Waals surface area contributed by atoms with Gasteiger partial charge in [0.25, 0.3) is 5.56 Å². The van der Waals surface area contributed by atoms with Crippen LogP contribution in [0.3, 0.4) is 0 Å². The maximum absolute atomic E-state index is 12.8. The van der Waals surface area contributed by atoms with Crippen molar-refractivity contribution in [2.24, 2.45) is 0 Å². The summed E-state index contributed by atoms with van der Waals surface area (Å²) in [6, 6.07) is 11.5. The van der Waals surface area contributed by atoms with Crippen molar-refractivity contribution >= 4 is 28.3 Å². The summed E-state index contributed by atoms with van der Waals surface area (Å²) in [6.07, 6.45) is 5.79. The molecular weight excluding hydrogens is 344 g/mol. The van der Waals surface area contributed by atoms with E-state index in [0.29, 0.717) is 28.4 Å². The minimum Gasteiger partial charge on any atom is -0.307 e. The van der Waals surface area contributed by atoms with Crippen LogP contribution < -0.4 is 5.56 Å². The average molecular weight is 362 g/mol. The molecule has 0 radical (unpaired) electrons. The number of rotatable bonds is 5. The van der Waals surface area contributed by atoms with Crippen molar-refractivity contribution in [3.05, 3.63) is 83.1 Å². The number of hydrogen-bond acceptors (Lipinski definition) is 4. The third kappa shape index (κ3) is 3.04. The molecule has 0 atom stereocenters. The number of benzene rings is 1. The van der Waals surface area contributed by atoms with E-state index in [-0.39, 0.29) is 5.56 Å². The zero-order valence-electron chi connectivity index (χ0n) is 14.4. The van der Waals surface area contributed by atoms with Crippen LogP contribution in [0.5, 0.6) is 0 Å². The van der Waals surface area contributed by atoms with Crippen LogP contribution in [0.4, 0.5) is 0 Å². The fourth-order valence-electron chi connectivity index (χ4n) is 2.91. The van der Waals surface area contributed by atoms with Crippen molar-refractivity contribution < 1.29 is 0 Å². The van der Waals surface area contributed by atoms with Gasteiger partial charge in [0.2, 0.25) is 0 Å². The Labute approximate surface area is 155 Å². The summed E-state index contributed by atoms with van der Waals surface area (Å²) in [5.41, 5.74) is 3.73. The molecule has 26 heavy (non-hydrogen) atoms. The molecule has 3 heterocycles. The molecule has 0 saturated heterocycles. The molecule has 130 valence electrons. The molecule has 3 aromatic heterocycles. The molecule has 6 heteroatoms. The Morgan fingerprint density at radius 1 is 1.15 bits per heavy atom. The van der Waals surface area contributed by atoms with Gasteiger partial charge in [0.1, 0.15) is 5.65 Å². The molecule has 0 unspecified atom stereocenters. The zero-order chi connectivity index (χ0) is 18.1. The van der Waals surface area contributed by atoms with Gasteiger partial charge in [-0.3, -0.25) is 9.36 Å². The summed E-state index contributed by atoms with van der Waals surface area (Å²) in [5.74, 6) is 0.642. The quantitative estimate of drug-likeness (QED) is 0.308. The fraction of sp³-hybridized carbons (Fsp3) is 0.150. The average Bonchev–Trinajstić information content (AvgIpc) is 3.04. The van der Waals surface area contributed by atoms with Gasteiger partial charge in [-0.1, -0.05) is 36.0 Å². The lowest BCUT2D eigenvalue weighted by Gasteiger charge is -2.10. The third-order valence-electron chi connectivity index (χ3n) is 4.14. The number of aryl methyl sites for hydroxylation is 1. The lowest BCUT2D eigenvalue weighted by molar-refractivity contribution is 0.671. The minimum atomic E-state index is -0.0383. The highest BCUT2D eigenvalue weighted by Crippen LogP contribution is 2.22. The molecule has 0 N–H and O–H groups in total. The van der Waals surface area contributed by atoms with Gasteiger partial charge in [0.05, 0.1) is 16.6 Å². The van der Waals surface area contributed by atoms with Crippen molar-refractivity contribution in [1.82, 2.24) is 18.9 Å². The SMILES string of the molecule is C=CCn1c(SCc2cn3cc(C)ccc3n2)nc2ccccc2c1=O. The Morgan fingerprint density at radius 2 is 2.00 bits per heavy atom. The summed E-state index contributed by atoms with van der Waals surface area (Å²) in [7, 11) is 0. The normalized spacial score (nSPS) is 11.3. The third-order valence-corrected chi connectivity index (χ3v) is 5.15. The number of pyridine rings is 1. The van der Waals surface area contributed by atoms with Crippen LogP contribution in [0.2, 0.25) is 0 Å². The molecule has 0 fully saturated rings. The van der Waals surface area contributed by atoms with E-state index in [0.717, 1.165) is 11.3 Å². The molecule has 0 spiro atoms. The number of thioether (sulfide) groups is 1. The lowest BCUT2D eigenvalue weighted by Crippen LogP contribution is -2.22. The minimum absolute atomic E-state index is 0.0383. The van der Waals surface area contributed by atoms with Gasteiger partial charge in [-0.25, -0.2) is 9.97 Å². The van der Waals surface area contributed by atoms with Crippen LogP contribution in [0.1, 0.15) is 11.3 Å². The van der Waals surface area contributed by atoms with E-state index in [1.807, 2.05) is 47.0 Å². The molecule has 0 aliphatic rings. The maximum Gasteiger partial charge on any atom is 0.262 e. The number of imidazole rings is 1. The van der Waals surface area contributed by atoms with E-state index in [4.69, 9.17) is 0 Å². The number of para-hydroxylation sites is 1. The molecule has 0 aliphatic heterocycles. The van der Waals surface area contributed by atoms with E-state index < -0.39 is 0 Å². The Bertz CT molecular complexity index is 1180. The van der Waals surface area contributed by atoms with Crippen molar-refractivity contribution in [3.8, 4) is 0 Å². The predicted octanol–water partition coefficient (Wildman–Crippen LogP) is 3.83. The van der Waals surface area contributed by atoms with Crippen molar-refractivity contribution in [1.29, 1.82) is 0 Å². The Hall–Kier alpha value is -2.86. The number of hydrogen-bond donors (Lipinski definition) is 0. The van der Waals surface area contributed by atoms with Crippen LogP contribution in [0.15, 0.2) is 71.4 Å². The standard InChI is InChI=1S/C20H18N4OS/c1-3-10-24-19(25)16-6-4-5-7-17(16)22-20(24)26-13-15-12-23-11-14(2)8-9-18(23)21-15/h3-9,11-12H,1,10,13H2,2H3. The van der Waals surface area contributed by atoms with E-state index in [2.05, 4.69) is 29.7 Å². The van der Waals surface area contributed by atoms with E-state index in [9.17, 15) is 4.79 Å². The first kappa shape index (κ1) is 16.6. The molecule has 0 amide bonds. The summed E-state index contributed by atoms with van der Waals surface area (Å²) in [4.78, 5) is 22.1. The maximum atomic E-state index is 12.8.